The second-order valence-electron chi connectivity index (χ2n) is 4.99. The number of nitrogens with two attached hydrogens (primary N) is 1. The molecule has 20 heavy (non-hydrogen) atoms. The Morgan fingerprint density at radius 2 is 1.65 bits per heavy atom. The Balaban J connectivity index is 2.10. The standard InChI is InChI=1S/C15H21N5/c1-19(2)15-17-9-8-14(18-15)20(3)11-13-6-4-12(10-16)5-7-13/h4-9H,10-11,16H2,1-3H3. The van der Waals surface area contributed by atoms with Crippen molar-refractivity contribution in [2.75, 3.05) is 30.9 Å². The van der Waals surface area contributed by atoms with Crippen molar-refractivity contribution in [3.63, 3.8) is 0 Å². The maximum atomic E-state index is 5.61. The Labute approximate surface area is 120 Å². The van der Waals surface area contributed by atoms with Crippen molar-refractivity contribution in [2.24, 2.45) is 5.73 Å². The van der Waals surface area contributed by atoms with Gasteiger partial charge in [0.1, 0.15) is 5.82 Å². The van der Waals surface area contributed by atoms with E-state index in [-0.39, 0.29) is 0 Å². The molecule has 5 heteroatoms. The largest absolute Gasteiger partial charge is 0.355 e. The molecule has 0 saturated heterocycles. The molecule has 1 heterocycles. The fourth-order valence-corrected chi connectivity index (χ4v) is 1.90. The number of anilines is 2. The Bertz CT molecular complexity index is 550. The number of nitrogens with zero attached hydrogens (tertiary/aromatic N) is 4. The van der Waals surface area contributed by atoms with Crippen LogP contribution in [-0.4, -0.2) is 31.1 Å². The molecular formula is C15H21N5. The molecule has 0 bridgehead atoms. The van der Waals surface area contributed by atoms with E-state index in [0.29, 0.717) is 12.5 Å². The van der Waals surface area contributed by atoms with Crippen LogP contribution in [0.2, 0.25) is 0 Å². The van der Waals surface area contributed by atoms with E-state index in [9.17, 15) is 0 Å². The van der Waals surface area contributed by atoms with Gasteiger partial charge >= 0.3 is 0 Å². The van der Waals surface area contributed by atoms with Crippen molar-refractivity contribution in [2.45, 2.75) is 13.1 Å². The van der Waals surface area contributed by atoms with Gasteiger partial charge in [0.15, 0.2) is 0 Å². The summed E-state index contributed by atoms with van der Waals surface area (Å²) in [5.74, 6) is 1.62. The second kappa shape index (κ2) is 6.34. The topological polar surface area (TPSA) is 58.3 Å². The Morgan fingerprint density at radius 3 is 2.25 bits per heavy atom. The van der Waals surface area contributed by atoms with E-state index >= 15 is 0 Å². The van der Waals surface area contributed by atoms with Crippen LogP contribution < -0.4 is 15.5 Å². The number of aromatic nitrogens is 2. The summed E-state index contributed by atoms with van der Waals surface area (Å²) in [5, 5.41) is 0. The molecule has 0 radical (unpaired) electrons. The lowest BCUT2D eigenvalue weighted by atomic mass is 10.1. The molecule has 2 rings (SSSR count). The van der Waals surface area contributed by atoms with Crippen LogP contribution in [0.1, 0.15) is 11.1 Å². The third-order valence-electron chi connectivity index (χ3n) is 3.10. The van der Waals surface area contributed by atoms with Crippen LogP contribution in [0.3, 0.4) is 0 Å². The third kappa shape index (κ3) is 3.45. The van der Waals surface area contributed by atoms with Gasteiger partial charge < -0.3 is 15.5 Å². The van der Waals surface area contributed by atoms with Crippen LogP contribution in [0.25, 0.3) is 0 Å². The predicted octanol–water partition coefficient (Wildman–Crippen LogP) is 1.64. The van der Waals surface area contributed by atoms with Crippen LogP contribution in [0.15, 0.2) is 36.5 Å². The van der Waals surface area contributed by atoms with Crippen LogP contribution in [-0.2, 0) is 13.1 Å². The number of benzene rings is 1. The summed E-state index contributed by atoms with van der Waals surface area (Å²) in [6.45, 7) is 1.38. The summed E-state index contributed by atoms with van der Waals surface area (Å²) < 4.78 is 0. The summed E-state index contributed by atoms with van der Waals surface area (Å²) in [7, 11) is 5.90. The zero-order valence-electron chi connectivity index (χ0n) is 12.2. The summed E-state index contributed by atoms with van der Waals surface area (Å²) in [5.41, 5.74) is 7.98. The van der Waals surface area contributed by atoms with Crippen molar-refractivity contribution in [1.82, 2.24) is 9.97 Å². The summed E-state index contributed by atoms with van der Waals surface area (Å²) in [4.78, 5) is 12.7. The minimum atomic E-state index is 0.578. The fraction of sp³-hybridized carbons (Fsp3) is 0.333. The van der Waals surface area contributed by atoms with Gasteiger partial charge in [-0.2, -0.15) is 4.98 Å². The molecule has 0 fully saturated rings. The number of rotatable bonds is 5. The van der Waals surface area contributed by atoms with Gasteiger partial charge in [0.2, 0.25) is 5.95 Å². The first kappa shape index (κ1) is 14.3. The molecule has 0 unspecified atom stereocenters. The van der Waals surface area contributed by atoms with Gasteiger partial charge in [-0.05, 0) is 17.2 Å². The monoisotopic (exact) mass is 271 g/mol. The normalized spacial score (nSPS) is 10.4. The third-order valence-corrected chi connectivity index (χ3v) is 3.10. The lowest BCUT2D eigenvalue weighted by molar-refractivity contribution is 0.879. The average molecular weight is 271 g/mol. The van der Waals surface area contributed by atoms with E-state index in [1.165, 1.54) is 5.56 Å². The van der Waals surface area contributed by atoms with E-state index in [0.717, 1.165) is 17.9 Å². The zero-order valence-corrected chi connectivity index (χ0v) is 12.2. The molecule has 0 spiro atoms. The fourth-order valence-electron chi connectivity index (χ4n) is 1.90. The summed E-state index contributed by atoms with van der Waals surface area (Å²) in [6, 6.07) is 10.3. The Hall–Kier alpha value is -2.14. The molecular weight excluding hydrogens is 250 g/mol. The zero-order chi connectivity index (χ0) is 14.5. The molecule has 5 nitrogen and oxygen atoms in total. The molecule has 2 aromatic rings. The minimum absolute atomic E-state index is 0.578. The molecule has 0 aliphatic rings. The highest BCUT2D eigenvalue weighted by atomic mass is 15.3. The number of hydrogen-bond acceptors (Lipinski definition) is 5. The van der Waals surface area contributed by atoms with Crippen LogP contribution >= 0.6 is 0 Å². The van der Waals surface area contributed by atoms with E-state index in [1.807, 2.05) is 32.1 Å². The molecule has 106 valence electrons. The highest BCUT2D eigenvalue weighted by Crippen LogP contribution is 2.15. The molecule has 0 aliphatic heterocycles. The second-order valence-corrected chi connectivity index (χ2v) is 4.99. The molecule has 2 N–H and O–H groups in total. The predicted molar refractivity (Wildman–Crippen MR) is 82.8 cm³/mol. The van der Waals surface area contributed by atoms with Crippen LogP contribution in [0.5, 0.6) is 0 Å². The van der Waals surface area contributed by atoms with Gasteiger partial charge in [-0.15, -0.1) is 0 Å². The van der Waals surface area contributed by atoms with E-state index in [4.69, 9.17) is 5.73 Å². The van der Waals surface area contributed by atoms with Gasteiger partial charge in [-0.25, -0.2) is 4.98 Å². The Morgan fingerprint density at radius 1 is 1.00 bits per heavy atom. The number of hydrogen-bond donors (Lipinski definition) is 1. The average Bonchev–Trinajstić information content (AvgIpc) is 2.48. The van der Waals surface area contributed by atoms with Crippen molar-refractivity contribution < 1.29 is 0 Å². The van der Waals surface area contributed by atoms with Crippen molar-refractivity contribution >= 4 is 11.8 Å². The van der Waals surface area contributed by atoms with Gasteiger partial charge in [0, 0.05) is 40.4 Å². The minimum Gasteiger partial charge on any atom is -0.355 e. The van der Waals surface area contributed by atoms with Crippen molar-refractivity contribution in [1.29, 1.82) is 0 Å². The van der Waals surface area contributed by atoms with Gasteiger partial charge in [-0.3, -0.25) is 0 Å². The highest BCUT2D eigenvalue weighted by molar-refractivity contribution is 5.43. The van der Waals surface area contributed by atoms with Gasteiger partial charge in [0.25, 0.3) is 0 Å². The SMILES string of the molecule is CN(C)c1nccc(N(C)Cc2ccc(CN)cc2)n1. The molecule has 0 atom stereocenters. The molecule has 0 saturated carbocycles. The van der Waals surface area contributed by atoms with E-state index in [2.05, 4.69) is 39.1 Å². The molecule has 1 aromatic heterocycles. The van der Waals surface area contributed by atoms with E-state index in [1.54, 1.807) is 6.20 Å². The van der Waals surface area contributed by atoms with Gasteiger partial charge in [0.05, 0.1) is 0 Å². The maximum absolute atomic E-state index is 5.61. The quantitative estimate of drug-likeness (QED) is 0.896. The van der Waals surface area contributed by atoms with Gasteiger partial charge in [-0.1, -0.05) is 24.3 Å². The van der Waals surface area contributed by atoms with Crippen LogP contribution in [0.4, 0.5) is 11.8 Å². The van der Waals surface area contributed by atoms with Crippen molar-refractivity contribution in [3.8, 4) is 0 Å². The smallest absolute Gasteiger partial charge is 0.226 e. The summed E-state index contributed by atoms with van der Waals surface area (Å²) >= 11 is 0. The molecule has 0 aliphatic carbocycles. The Kier molecular flexibility index (Phi) is 4.53. The van der Waals surface area contributed by atoms with E-state index < -0.39 is 0 Å². The summed E-state index contributed by atoms with van der Waals surface area (Å²) in [6.07, 6.45) is 1.78. The first-order valence-electron chi connectivity index (χ1n) is 6.59. The lowest BCUT2D eigenvalue weighted by Crippen LogP contribution is -2.20. The van der Waals surface area contributed by atoms with Crippen molar-refractivity contribution in [3.05, 3.63) is 47.7 Å². The molecule has 0 amide bonds. The van der Waals surface area contributed by atoms with Crippen LogP contribution in [0, 0.1) is 0 Å². The lowest BCUT2D eigenvalue weighted by Gasteiger charge is -2.20. The molecule has 1 aromatic carbocycles. The highest BCUT2D eigenvalue weighted by Gasteiger charge is 2.06. The first-order chi connectivity index (χ1) is 9.60. The maximum Gasteiger partial charge on any atom is 0.226 e. The first-order valence-corrected chi connectivity index (χ1v) is 6.59.